The molecule has 156 valence electrons. The van der Waals surface area contributed by atoms with Crippen LogP contribution in [0.3, 0.4) is 0 Å². The van der Waals surface area contributed by atoms with Gasteiger partial charge in [-0.1, -0.05) is 42.5 Å². The molecule has 0 fully saturated rings. The van der Waals surface area contributed by atoms with Gasteiger partial charge in [0.2, 0.25) is 0 Å². The molecule has 0 aliphatic heterocycles. The summed E-state index contributed by atoms with van der Waals surface area (Å²) in [5.74, 6) is 0. The third kappa shape index (κ3) is 5.48. The number of nitriles is 1. The normalized spacial score (nSPS) is 11.6. The number of hydrogen-bond donors (Lipinski definition) is 1. The van der Waals surface area contributed by atoms with Gasteiger partial charge in [-0.3, -0.25) is 0 Å². The number of urea groups is 1. The Kier molecular flexibility index (Phi) is 6.36. The van der Waals surface area contributed by atoms with Gasteiger partial charge in [-0.05, 0) is 47.5 Å². The van der Waals surface area contributed by atoms with Crippen LogP contribution in [0, 0.1) is 11.3 Å². The summed E-state index contributed by atoms with van der Waals surface area (Å²) in [4.78, 5) is 12.1. The fourth-order valence-corrected chi connectivity index (χ4v) is 2.86. The molecule has 0 unspecified atom stereocenters. The lowest BCUT2D eigenvalue weighted by molar-refractivity contribution is -0.137. The van der Waals surface area contributed by atoms with Crippen LogP contribution in [-0.2, 0) is 12.6 Å². The molecular weight excluding hydrogens is 405 g/mol. The van der Waals surface area contributed by atoms with E-state index in [0.717, 1.165) is 34.8 Å². The molecule has 0 saturated carbocycles. The smallest absolute Gasteiger partial charge is 0.350 e. The minimum Gasteiger partial charge on any atom is -0.350 e. The van der Waals surface area contributed by atoms with Gasteiger partial charge in [-0.2, -0.15) is 28.5 Å². The van der Waals surface area contributed by atoms with Crippen LogP contribution < -0.4 is 10.7 Å². The summed E-state index contributed by atoms with van der Waals surface area (Å²) < 4.78 is 38.6. The number of benzene rings is 3. The zero-order valence-electron chi connectivity index (χ0n) is 16.2. The summed E-state index contributed by atoms with van der Waals surface area (Å²) >= 11 is 0. The number of nitrogens with zero attached hydrogens (tertiary/aromatic N) is 3. The third-order valence-electron chi connectivity index (χ3n) is 4.43. The van der Waals surface area contributed by atoms with E-state index in [-0.39, 0.29) is 5.69 Å². The van der Waals surface area contributed by atoms with Crippen LogP contribution in [-0.4, -0.2) is 11.7 Å². The zero-order valence-corrected chi connectivity index (χ0v) is 16.2. The van der Waals surface area contributed by atoms with E-state index in [4.69, 9.17) is 11.0 Å². The molecule has 3 aromatic carbocycles. The predicted octanol–water partition coefficient (Wildman–Crippen LogP) is 5.11. The van der Waals surface area contributed by atoms with Crippen molar-refractivity contribution in [1.82, 2.24) is 0 Å². The molecule has 8 heteroatoms. The van der Waals surface area contributed by atoms with E-state index in [1.807, 2.05) is 12.1 Å². The highest BCUT2D eigenvalue weighted by Gasteiger charge is 2.30. The lowest BCUT2D eigenvalue weighted by atomic mass is 10.0. The Hall–Kier alpha value is -4.12. The summed E-state index contributed by atoms with van der Waals surface area (Å²) in [6, 6.07) is 21.0. The number of anilines is 1. The highest BCUT2D eigenvalue weighted by atomic mass is 19.4. The molecule has 0 aliphatic rings. The second kappa shape index (κ2) is 9.13. The van der Waals surface area contributed by atoms with Crippen LogP contribution >= 0.6 is 0 Å². The van der Waals surface area contributed by atoms with Crippen LogP contribution in [0.1, 0.15) is 22.3 Å². The van der Waals surface area contributed by atoms with E-state index in [1.54, 1.807) is 48.5 Å². The standard InChI is InChI=1S/C23H17F3N4O/c24-23(25,26)19-10-12-20(13-11-19)30(22(28)31)29-21(18-4-2-1-3-5-18)14-16-6-8-17(15-27)9-7-16/h1-13H,14H2,(H2,28,31)/b29-21-. The Balaban J connectivity index is 2.01. The highest BCUT2D eigenvalue weighted by molar-refractivity contribution is 6.04. The monoisotopic (exact) mass is 422 g/mol. The van der Waals surface area contributed by atoms with E-state index in [2.05, 4.69) is 5.10 Å². The Morgan fingerprint density at radius 2 is 1.58 bits per heavy atom. The molecule has 0 atom stereocenters. The minimum atomic E-state index is -4.50. The fourth-order valence-electron chi connectivity index (χ4n) is 2.86. The molecule has 3 rings (SSSR count). The van der Waals surface area contributed by atoms with E-state index in [9.17, 15) is 18.0 Å². The number of hydrogen-bond acceptors (Lipinski definition) is 3. The Labute approximate surface area is 176 Å². The van der Waals surface area contributed by atoms with Crippen LogP contribution in [0.2, 0.25) is 0 Å². The maximum absolute atomic E-state index is 12.9. The van der Waals surface area contributed by atoms with Crippen molar-refractivity contribution < 1.29 is 18.0 Å². The number of halogens is 3. The number of hydrazone groups is 1. The summed E-state index contributed by atoms with van der Waals surface area (Å²) in [6.45, 7) is 0. The van der Waals surface area contributed by atoms with Crippen molar-refractivity contribution in [2.45, 2.75) is 12.6 Å². The average molecular weight is 422 g/mol. The zero-order chi connectivity index (χ0) is 22.4. The van der Waals surface area contributed by atoms with Gasteiger partial charge in [-0.25, -0.2) is 4.79 Å². The quantitative estimate of drug-likeness (QED) is 0.458. The lowest BCUT2D eigenvalue weighted by Crippen LogP contribution is -2.32. The minimum absolute atomic E-state index is 0.105. The predicted molar refractivity (Wildman–Crippen MR) is 111 cm³/mol. The summed E-state index contributed by atoms with van der Waals surface area (Å²) in [5, 5.41) is 14.2. The molecule has 0 bridgehead atoms. The average Bonchev–Trinajstić information content (AvgIpc) is 2.77. The van der Waals surface area contributed by atoms with Gasteiger partial charge in [-0.15, -0.1) is 0 Å². The van der Waals surface area contributed by atoms with Crippen LogP contribution in [0.4, 0.5) is 23.7 Å². The first kappa shape index (κ1) is 21.6. The third-order valence-corrected chi connectivity index (χ3v) is 4.43. The maximum atomic E-state index is 12.9. The number of primary amides is 1. The van der Waals surface area contributed by atoms with Gasteiger partial charge < -0.3 is 5.73 Å². The van der Waals surface area contributed by atoms with Crippen molar-refractivity contribution in [1.29, 1.82) is 5.26 Å². The second-order valence-corrected chi connectivity index (χ2v) is 6.59. The Morgan fingerprint density at radius 1 is 0.968 bits per heavy atom. The molecule has 5 nitrogen and oxygen atoms in total. The van der Waals surface area contributed by atoms with Gasteiger partial charge >= 0.3 is 12.2 Å². The van der Waals surface area contributed by atoms with Crippen molar-refractivity contribution in [2.24, 2.45) is 10.8 Å². The number of alkyl halides is 3. The number of nitrogens with two attached hydrogens (primary N) is 1. The lowest BCUT2D eigenvalue weighted by Gasteiger charge is -2.18. The van der Waals surface area contributed by atoms with E-state index in [0.29, 0.717) is 23.3 Å². The molecular formula is C23H17F3N4O. The number of carbonyl (C=O) groups excluding carboxylic acids is 1. The molecule has 31 heavy (non-hydrogen) atoms. The molecule has 0 aliphatic carbocycles. The number of rotatable bonds is 5. The first-order valence-corrected chi connectivity index (χ1v) is 9.16. The van der Waals surface area contributed by atoms with Crippen molar-refractivity contribution in [3.8, 4) is 6.07 Å². The first-order valence-electron chi connectivity index (χ1n) is 9.16. The second-order valence-electron chi connectivity index (χ2n) is 6.59. The maximum Gasteiger partial charge on any atom is 0.416 e. The highest BCUT2D eigenvalue weighted by Crippen LogP contribution is 2.30. The molecule has 0 saturated heterocycles. The van der Waals surface area contributed by atoms with Crippen LogP contribution in [0.5, 0.6) is 0 Å². The Morgan fingerprint density at radius 3 is 2.10 bits per heavy atom. The van der Waals surface area contributed by atoms with E-state index < -0.39 is 17.8 Å². The molecule has 0 heterocycles. The molecule has 0 radical (unpaired) electrons. The molecule has 3 aromatic rings. The molecule has 0 spiro atoms. The SMILES string of the molecule is N#Cc1ccc(C/C(=N/N(C(N)=O)c2ccc(C(F)(F)F)cc2)c2ccccc2)cc1. The first-order chi connectivity index (χ1) is 14.8. The van der Waals surface area contributed by atoms with Crippen LogP contribution in [0.15, 0.2) is 84.0 Å². The van der Waals surface area contributed by atoms with Gasteiger partial charge in [0.25, 0.3) is 0 Å². The van der Waals surface area contributed by atoms with Crippen molar-refractivity contribution in [3.63, 3.8) is 0 Å². The van der Waals surface area contributed by atoms with Crippen molar-refractivity contribution >= 4 is 17.4 Å². The largest absolute Gasteiger partial charge is 0.416 e. The summed E-state index contributed by atoms with van der Waals surface area (Å²) in [7, 11) is 0. The number of amides is 2. The molecule has 2 N–H and O–H groups in total. The topological polar surface area (TPSA) is 82.5 Å². The van der Waals surface area contributed by atoms with Gasteiger partial charge in [0, 0.05) is 6.42 Å². The van der Waals surface area contributed by atoms with E-state index in [1.165, 1.54) is 0 Å². The summed E-state index contributed by atoms with van der Waals surface area (Å²) in [5.41, 5.74) is 7.26. The van der Waals surface area contributed by atoms with Gasteiger partial charge in [0.1, 0.15) is 0 Å². The molecule has 0 aromatic heterocycles. The van der Waals surface area contributed by atoms with Gasteiger partial charge in [0.15, 0.2) is 0 Å². The van der Waals surface area contributed by atoms with E-state index >= 15 is 0 Å². The number of carbonyl (C=O) groups is 1. The summed E-state index contributed by atoms with van der Waals surface area (Å²) in [6.07, 6.45) is -4.19. The van der Waals surface area contributed by atoms with Crippen molar-refractivity contribution in [2.75, 3.05) is 5.01 Å². The Bertz CT molecular complexity index is 1120. The van der Waals surface area contributed by atoms with Crippen molar-refractivity contribution in [3.05, 3.63) is 101 Å². The van der Waals surface area contributed by atoms with Crippen LogP contribution in [0.25, 0.3) is 0 Å². The molecule has 2 amide bonds. The van der Waals surface area contributed by atoms with Gasteiger partial charge in [0.05, 0.1) is 28.6 Å². The fraction of sp³-hybridized carbons (Fsp3) is 0.0870.